The summed E-state index contributed by atoms with van der Waals surface area (Å²) in [7, 11) is -3.43. The van der Waals surface area contributed by atoms with Crippen molar-refractivity contribution in [3.05, 3.63) is 21.6 Å². The molecular formula is C11H16N4O2S3. The van der Waals surface area contributed by atoms with Gasteiger partial charge in [-0.05, 0) is 26.8 Å². The molecule has 0 amide bonds. The zero-order chi connectivity index (χ0) is 14.8. The molecule has 0 atom stereocenters. The summed E-state index contributed by atoms with van der Waals surface area (Å²) in [4.78, 5) is 6.31. The molecule has 0 aromatic carbocycles. The maximum atomic E-state index is 12.1. The summed E-state index contributed by atoms with van der Waals surface area (Å²) in [5.74, 6) is 0.711. The Kier molecular flexibility index (Phi) is 4.74. The Balaban J connectivity index is 1.88. The average molecular weight is 332 g/mol. The normalized spacial score (nSPS) is 11.8. The summed E-state index contributed by atoms with van der Waals surface area (Å²) in [6.07, 6.45) is 0. The van der Waals surface area contributed by atoms with Gasteiger partial charge in [0.15, 0.2) is 0 Å². The lowest BCUT2D eigenvalue weighted by atomic mass is 10.4. The number of rotatable bonds is 6. The fourth-order valence-electron chi connectivity index (χ4n) is 1.68. The Morgan fingerprint density at radius 1 is 1.25 bits per heavy atom. The molecule has 0 radical (unpaired) electrons. The second kappa shape index (κ2) is 6.17. The van der Waals surface area contributed by atoms with Crippen molar-refractivity contribution in [2.45, 2.75) is 25.7 Å². The van der Waals surface area contributed by atoms with E-state index in [0.717, 1.165) is 9.75 Å². The summed E-state index contributed by atoms with van der Waals surface area (Å²) >= 11 is 2.75. The van der Waals surface area contributed by atoms with Gasteiger partial charge in [-0.15, -0.1) is 11.3 Å². The van der Waals surface area contributed by atoms with E-state index in [1.165, 1.54) is 22.9 Å². The Hall–Kier alpha value is -1.03. The number of anilines is 1. The number of nitrogens with one attached hydrogen (secondary N) is 2. The Bertz CT molecular complexity index is 690. The highest BCUT2D eigenvalue weighted by atomic mass is 32.2. The van der Waals surface area contributed by atoms with E-state index in [2.05, 4.69) is 19.4 Å². The van der Waals surface area contributed by atoms with Crippen LogP contribution >= 0.6 is 22.9 Å². The highest BCUT2D eigenvalue weighted by molar-refractivity contribution is 7.89. The third kappa shape index (κ3) is 3.75. The van der Waals surface area contributed by atoms with E-state index in [-0.39, 0.29) is 0 Å². The minimum Gasteiger partial charge on any atom is -0.359 e. The van der Waals surface area contributed by atoms with Gasteiger partial charge < -0.3 is 5.32 Å². The number of thiophene rings is 1. The van der Waals surface area contributed by atoms with E-state index in [4.69, 9.17) is 0 Å². The summed E-state index contributed by atoms with van der Waals surface area (Å²) in [6, 6.07) is 1.70. The van der Waals surface area contributed by atoms with Crippen molar-refractivity contribution in [1.29, 1.82) is 0 Å². The molecule has 2 aromatic rings. The van der Waals surface area contributed by atoms with Crippen LogP contribution in [-0.4, -0.2) is 30.9 Å². The first-order valence-corrected chi connectivity index (χ1v) is 9.06. The van der Waals surface area contributed by atoms with E-state index in [1.54, 1.807) is 6.07 Å². The van der Waals surface area contributed by atoms with Gasteiger partial charge in [-0.25, -0.2) is 18.1 Å². The van der Waals surface area contributed by atoms with Gasteiger partial charge in [0.05, 0.1) is 4.90 Å². The molecule has 0 aliphatic rings. The number of hydrogen-bond acceptors (Lipinski definition) is 7. The lowest BCUT2D eigenvalue weighted by molar-refractivity contribution is 0.582. The summed E-state index contributed by atoms with van der Waals surface area (Å²) in [5, 5.41) is 3.73. The molecule has 0 saturated heterocycles. The number of nitrogens with zero attached hydrogens (tertiary/aromatic N) is 2. The van der Waals surface area contributed by atoms with Crippen LogP contribution in [0.5, 0.6) is 0 Å². The number of hydrogen-bond donors (Lipinski definition) is 2. The topological polar surface area (TPSA) is 84.0 Å². The second-order valence-electron chi connectivity index (χ2n) is 4.25. The van der Waals surface area contributed by atoms with Crippen molar-refractivity contribution in [3.63, 3.8) is 0 Å². The van der Waals surface area contributed by atoms with Crippen LogP contribution in [0.15, 0.2) is 11.0 Å². The molecule has 0 unspecified atom stereocenters. The molecular weight excluding hydrogens is 316 g/mol. The van der Waals surface area contributed by atoms with Gasteiger partial charge >= 0.3 is 0 Å². The van der Waals surface area contributed by atoms with Gasteiger partial charge in [-0.3, -0.25) is 0 Å². The van der Waals surface area contributed by atoms with Crippen LogP contribution in [-0.2, 0) is 10.0 Å². The third-order valence-electron chi connectivity index (χ3n) is 2.51. The molecule has 0 fully saturated rings. The van der Waals surface area contributed by atoms with Crippen LogP contribution in [0.3, 0.4) is 0 Å². The minimum absolute atomic E-state index is 0.301. The van der Waals surface area contributed by atoms with Crippen molar-refractivity contribution in [2.75, 3.05) is 18.4 Å². The predicted octanol–water partition coefficient (Wildman–Crippen LogP) is 1.92. The molecule has 110 valence electrons. The molecule has 20 heavy (non-hydrogen) atoms. The number of aryl methyl sites for hydroxylation is 3. The molecule has 0 aliphatic carbocycles. The summed E-state index contributed by atoms with van der Waals surface area (Å²) < 4.78 is 30.9. The monoisotopic (exact) mass is 332 g/mol. The van der Waals surface area contributed by atoms with Gasteiger partial charge in [0, 0.05) is 34.4 Å². The van der Waals surface area contributed by atoms with Crippen molar-refractivity contribution < 1.29 is 8.42 Å². The van der Waals surface area contributed by atoms with Gasteiger partial charge in [-0.1, -0.05) is 0 Å². The number of sulfonamides is 1. The van der Waals surface area contributed by atoms with Crippen LogP contribution < -0.4 is 10.0 Å². The SMILES string of the molecule is Cc1nsc(NCCNS(=O)(=O)c2cc(C)sc2C)n1. The van der Waals surface area contributed by atoms with Gasteiger partial charge in [0.25, 0.3) is 0 Å². The fraction of sp³-hybridized carbons (Fsp3) is 0.455. The van der Waals surface area contributed by atoms with E-state index in [1.807, 2.05) is 20.8 Å². The van der Waals surface area contributed by atoms with Crippen molar-refractivity contribution in [1.82, 2.24) is 14.1 Å². The Morgan fingerprint density at radius 2 is 2.00 bits per heavy atom. The first-order valence-electron chi connectivity index (χ1n) is 5.99. The average Bonchev–Trinajstić information content (AvgIpc) is 2.91. The molecule has 0 saturated carbocycles. The fourth-order valence-corrected chi connectivity index (χ4v) is 4.86. The molecule has 2 rings (SSSR count). The Morgan fingerprint density at radius 3 is 2.55 bits per heavy atom. The largest absolute Gasteiger partial charge is 0.359 e. The standard InChI is InChI=1S/C11H16N4O2S3/c1-7-6-10(8(2)18-7)20(16,17)13-5-4-12-11-14-9(3)15-19-11/h6,13H,4-5H2,1-3H3,(H,12,14,15). The zero-order valence-corrected chi connectivity index (χ0v) is 13.9. The summed E-state index contributed by atoms with van der Waals surface area (Å²) in [6.45, 7) is 6.29. The lowest BCUT2D eigenvalue weighted by Crippen LogP contribution is -2.29. The molecule has 2 N–H and O–H groups in total. The highest BCUT2D eigenvalue weighted by Gasteiger charge is 2.18. The smallest absolute Gasteiger partial charge is 0.241 e. The molecule has 2 heterocycles. The first-order chi connectivity index (χ1) is 9.38. The quantitative estimate of drug-likeness (QED) is 0.790. The van der Waals surface area contributed by atoms with Gasteiger partial charge in [0.1, 0.15) is 5.82 Å². The van der Waals surface area contributed by atoms with Crippen LogP contribution in [0.4, 0.5) is 5.13 Å². The Labute approximate surface area is 126 Å². The second-order valence-corrected chi connectivity index (χ2v) is 8.20. The van der Waals surface area contributed by atoms with E-state index in [9.17, 15) is 8.42 Å². The zero-order valence-electron chi connectivity index (χ0n) is 11.4. The lowest BCUT2D eigenvalue weighted by Gasteiger charge is -2.06. The molecule has 0 bridgehead atoms. The van der Waals surface area contributed by atoms with Gasteiger partial charge in [-0.2, -0.15) is 4.37 Å². The third-order valence-corrected chi connectivity index (χ3v) is 5.95. The van der Waals surface area contributed by atoms with Gasteiger partial charge in [0.2, 0.25) is 15.2 Å². The van der Waals surface area contributed by atoms with Crippen molar-refractivity contribution in [3.8, 4) is 0 Å². The first kappa shape index (κ1) is 15.4. The van der Waals surface area contributed by atoms with E-state index in [0.29, 0.717) is 28.9 Å². The van der Waals surface area contributed by atoms with E-state index < -0.39 is 10.0 Å². The van der Waals surface area contributed by atoms with Crippen molar-refractivity contribution in [2.24, 2.45) is 0 Å². The maximum absolute atomic E-state index is 12.1. The predicted molar refractivity (Wildman–Crippen MR) is 82.1 cm³/mol. The summed E-state index contributed by atoms with van der Waals surface area (Å²) in [5.41, 5.74) is 0. The van der Waals surface area contributed by atoms with Crippen LogP contribution in [0, 0.1) is 20.8 Å². The molecule has 6 nitrogen and oxygen atoms in total. The molecule has 2 aromatic heterocycles. The van der Waals surface area contributed by atoms with Crippen LogP contribution in [0.2, 0.25) is 0 Å². The van der Waals surface area contributed by atoms with Crippen LogP contribution in [0.1, 0.15) is 15.6 Å². The maximum Gasteiger partial charge on any atom is 0.241 e. The molecule has 9 heteroatoms. The molecule has 0 aliphatic heterocycles. The minimum atomic E-state index is -3.43. The highest BCUT2D eigenvalue weighted by Crippen LogP contribution is 2.24. The molecule has 0 spiro atoms. The van der Waals surface area contributed by atoms with E-state index >= 15 is 0 Å². The van der Waals surface area contributed by atoms with Crippen LogP contribution in [0.25, 0.3) is 0 Å². The number of aromatic nitrogens is 2. The van der Waals surface area contributed by atoms with Crippen molar-refractivity contribution >= 4 is 38.0 Å².